The second-order valence-corrected chi connectivity index (χ2v) is 6.14. The molecule has 0 saturated heterocycles. The van der Waals surface area contributed by atoms with Crippen molar-refractivity contribution in [3.63, 3.8) is 0 Å². The molecule has 0 unspecified atom stereocenters. The van der Waals surface area contributed by atoms with Crippen LogP contribution in [0.3, 0.4) is 0 Å². The topological polar surface area (TPSA) is 59.9 Å². The van der Waals surface area contributed by atoms with Crippen LogP contribution < -0.4 is 14.9 Å². The van der Waals surface area contributed by atoms with Gasteiger partial charge in [0.1, 0.15) is 17.3 Å². The molecular weight excluding hydrogens is 403 g/mol. The van der Waals surface area contributed by atoms with Gasteiger partial charge in [0.2, 0.25) is 5.91 Å². The largest absolute Gasteiger partial charge is 0.493 e. The summed E-state index contributed by atoms with van der Waals surface area (Å²) in [5.41, 5.74) is 3.86. The van der Waals surface area contributed by atoms with Crippen LogP contribution in [0, 0.1) is 5.82 Å². The minimum Gasteiger partial charge on any atom is -0.493 e. The molecule has 1 N–H and O–H groups in total. The number of amides is 1. The quantitative estimate of drug-likeness (QED) is 0.514. The molecular formula is C19H20BrFN2O3. The summed E-state index contributed by atoms with van der Waals surface area (Å²) in [5, 5.41) is 3.97. The minimum atomic E-state index is -0.336. The highest BCUT2D eigenvalue weighted by atomic mass is 79.9. The number of ether oxygens (including phenoxy) is 2. The number of hydrogen-bond acceptors (Lipinski definition) is 4. The molecule has 0 aliphatic rings. The van der Waals surface area contributed by atoms with Crippen molar-refractivity contribution in [2.45, 2.75) is 20.3 Å². The minimum absolute atomic E-state index is 0.114. The van der Waals surface area contributed by atoms with Gasteiger partial charge in [0, 0.05) is 11.6 Å². The summed E-state index contributed by atoms with van der Waals surface area (Å²) >= 11 is 3.44. The summed E-state index contributed by atoms with van der Waals surface area (Å²) in [4.78, 5) is 11.9. The Morgan fingerprint density at radius 2 is 1.81 bits per heavy atom. The van der Waals surface area contributed by atoms with Crippen molar-refractivity contribution in [3.8, 4) is 11.5 Å². The first kappa shape index (κ1) is 19.9. The van der Waals surface area contributed by atoms with Crippen LogP contribution in [-0.2, 0) is 11.2 Å². The summed E-state index contributed by atoms with van der Waals surface area (Å²) < 4.78 is 24.8. The van der Waals surface area contributed by atoms with Crippen LogP contribution >= 0.6 is 15.9 Å². The van der Waals surface area contributed by atoms with Crippen molar-refractivity contribution in [2.75, 3.05) is 13.2 Å². The van der Waals surface area contributed by atoms with Gasteiger partial charge in [-0.15, -0.1) is 0 Å². The molecule has 0 aliphatic carbocycles. The van der Waals surface area contributed by atoms with E-state index in [4.69, 9.17) is 9.47 Å². The maximum absolute atomic E-state index is 12.9. The van der Waals surface area contributed by atoms with Crippen LogP contribution in [0.5, 0.6) is 11.5 Å². The van der Waals surface area contributed by atoms with Gasteiger partial charge < -0.3 is 9.47 Å². The summed E-state index contributed by atoms with van der Waals surface area (Å²) in [6.45, 7) is 4.81. The fourth-order valence-corrected chi connectivity index (χ4v) is 2.67. The zero-order chi connectivity index (χ0) is 18.9. The number of benzene rings is 2. The molecule has 2 aromatic rings. The maximum atomic E-state index is 12.9. The molecule has 0 saturated carbocycles. The lowest BCUT2D eigenvalue weighted by Crippen LogP contribution is -2.19. The van der Waals surface area contributed by atoms with Gasteiger partial charge in [-0.2, -0.15) is 5.10 Å². The van der Waals surface area contributed by atoms with Gasteiger partial charge in [-0.05, 0) is 53.5 Å². The molecule has 1 amide bonds. The van der Waals surface area contributed by atoms with Crippen LogP contribution in [0.15, 0.2) is 46.0 Å². The molecule has 5 nitrogen and oxygen atoms in total. The Balaban J connectivity index is 2.05. The molecule has 138 valence electrons. The van der Waals surface area contributed by atoms with Crippen molar-refractivity contribution in [2.24, 2.45) is 5.10 Å². The highest BCUT2D eigenvalue weighted by Gasteiger charge is 2.09. The van der Waals surface area contributed by atoms with E-state index in [1.54, 1.807) is 18.2 Å². The van der Waals surface area contributed by atoms with Gasteiger partial charge in [-0.25, -0.2) is 9.82 Å². The van der Waals surface area contributed by atoms with Gasteiger partial charge in [-0.3, -0.25) is 4.79 Å². The molecule has 0 fully saturated rings. The molecule has 0 atom stereocenters. The standard InChI is InChI=1S/C19H20BrFN2O3/c1-3-25-17-11-18(26-4-2)16(20)10-14(17)12-22-23-19(24)9-13-5-7-15(21)8-6-13/h5-8,10-12H,3-4,9H2,1-2H3,(H,23,24)/b22-12+. The number of halogens is 2. The zero-order valence-electron chi connectivity index (χ0n) is 14.6. The number of hydrazone groups is 1. The van der Waals surface area contributed by atoms with Gasteiger partial charge in [0.15, 0.2) is 0 Å². The number of nitrogens with zero attached hydrogens (tertiary/aromatic N) is 1. The van der Waals surface area contributed by atoms with Gasteiger partial charge in [-0.1, -0.05) is 12.1 Å². The molecule has 0 spiro atoms. The van der Waals surface area contributed by atoms with E-state index in [2.05, 4.69) is 26.5 Å². The fraction of sp³-hybridized carbons (Fsp3) is 0.263. The predicted molar refractivity (Wildman–Crippen MR) is 102 cm³/mol. The predicted octanol–water partition coefficient (Wildman–Crippen LogP) is 4.08. The van der Waals surface area contributed by atoms with Crippen molar-refractivity contribution in [1.82, 2.24) is 5.43 Å². The van der Waals surface area contributed by atoms with E-state index in [0.717, 1.165) is 4.47 Å². The average Bonchev–Trinajstić information content (AvgIpc) is 2.61. The van der Waals surface area contributed by atoms with E-state index >= 15 is 0 Å². The third-order valence-corrected chi connectivity index (χ3v) is 3.95. The molecule has 7 heteroatoms. The molecule has 2 aromatic carbocycles. The molecule has 0 aliphatic heterocycles. The van der Waals surface area contributed by atoms with Gasteiger partial charge >= 0.3 is 0 Å². The van der Waals surface area contributed by atoms with Crippen LogP contribution in [-0.4, -0.2) is 25.3 Å². The Kier molecular flexibility index (Phi) is 7.59. The van der Waals surface area contributed by atoms with Gasteiger partial charge in [0.25, 0.3) is 0 Å². The number of carbonyl (C=O) groups excluding carboxylic acids is 1. The normalized spacial score (nSPS) is 10.8. The van der Waals surface area contributed by atoms with Gasteiger partial charge in [0.05, 0.1) is 30.3 Å². The molecule has 0 bridgehead atoms. The molecule has 26 heavy (non-hydrogen) atoms. The first-order valence-corrected chi connectivity index (χ1v) is 8.98. The number of hydrogen-bond donors (Lipinski definition) is 1. The Morgan fingerprint density at radius 1 is 1.15 bits per heavy atom. The third kappa shape index (κ3) is 5.84. The number of nitrogens with one attached hydrogen (secondary N) is 1. The van der Waals surface area contributed by atoms with Crippen molar-refractivity contribution in [1.29, 1.82) is 0 Å². The Hall–Kier alpha value is -2.41. The Labute approximate surface area is 160 Å². The fourth-order valence-electron chi connectivity index (χ4n) is 2.20. The summed E-state index contributed by atoms with van der Waals surface area (Å²) in [6.07, 6.45) is 1.62. The molecule has 2 rings (SSSR count). The lowest BCUT2D eigenvalue weighted by atomic mass is 10.1. The van der Waals surface area contributed by atoms with Crippen LogP contribution in [0.25, 0.3) is 0 Å². The number of carbonyl (C=O) groups is 1. The number of rotatable bonds is 8. The second kappa shape index (κ2) is 9.91. The van der Waals surface area contributed by atoms with E-state index in [0.29, 0.717) is 35.8 Å². The van der Waals surface area contributed by atoms with Crippen molar-refractivity contribution < 1.29 is 18.7 Å². The highest BCUT2D eigenvalue weighted by molar-refractivity contribution is 9.10. The Bertz CT molecular complexity index is 779. The summed E-state index contributed by atoms with van der Waals surface area (Å²) in [5.74, 6) is 0.650. The lowest BCUT2D eigenvalue weighted by Gasteiger charge is -2.12. The van der Waals surface area contributed by atoms with E-state index in [1.807, 2.05) is 19.9 Å². The summed E-state index contributed by atoms with van der Waals surface area (Å²) in [6, 6.07) is 9.35. The van der Waals surface area contributed by atoms with Crippen LogP contribution in [0.1, 0.15) is 25.0 Å². The first-order valence-electron chi connectivity index (χ1n) is 8.19. The van der Waals surface area contributed by atoms with E-state index in [-0.39, 0.29) is 18.1 Å². The molecule has 0 heterocycles. The van der Waals surface area contributed by atoms with E-state index < -0.39 is 0 Å². The lowest BCUT2D eigenvalue weighted by molar-refractivity contribution is -0.120. The van der Waals surface area contributed by atoms with Crippen molar-refractivity contribution >= 4 is 28.1 Å². The highest BCUT2D eigenvalue weighted by Crippen LogP contribution is 2.32. The molecule has 0 radical (unpaired) electrons. The Morgan fingerprint density at radius 3 is 2.46 bits per heavy atom. The van der Waals surface area contributed by atoms with Crippen molar-refractivity contribution in [3.05, 3.63) is 57.8 Å². The summed E-state index contributed by atoms with van der Waals surface area (Å²) in [7, 11) is 0. The second-order valence-electron chi connectivity index (χ2n) is 5.28. The monoisotopic (exact) mass is 422 g/mol. The van der Waals surface area contributed by atoms with E-state index in [9.17, 15) is 9.18 Å². The zero-order valence-corrected chi connectivity index (χ0v) is 16.2. The SMILES string of the molecule is CCOc1cc(OCC)c(/C=N/NC(=O)Cc2ccc(F)cc2)cc1Br. The maximum Gasteiger partial charge on any atom is 0.244 e. The van der Waals surface area contributed by atoms with E-state index in [1.165, 1.54) is 18.3 Å². The third-order valence-electron chi connectivity index (χ3n) is 3.33. The van der Waals surface area contributed by atoms with Crippen LogP contribution in [0.4, 0.5) is 4.39 Å². The first-order chi connectivity index (χ1) is 12.5. The smallest absolute Gasteiger partial charge is 0.244 e. The van der Waals surface area contributed by atoms with Crippen LogP contribution in [0.2, 0.25) is 0 Å². The molecule has 0 aromatic heterocycles. The average molecular weight is 423 g/mol.